The highest BCUT2D eigenvalue weighted by atomic mass is 16.5. The molecule has 1 aromatic heterocycles. The van der Waals surface area contributed by atoms with Crippen molar-refractivity contribution in [1.82, 2.24) is 25.7 Å². The average molecular weight is 279 g/mol. The Kier molecular flexibility index (Phi) is 3.98. The summed E-state index contributed by atoms with van der Waals surface area (Å²) in [5.41, 5.74) is 0. The Bertz CT molecular complexity index is 469. The maximum Gasteiger partial charge on any atom is 0.292 e. The molecular formula is C13H21N5O2. The van der Waals surface area contributed by atoms with Gasteiger partial charge in [0.15, 0.2) is 0 Å². The molecule has 0 spiro atoms. The predicted molar refractivity (Wildman–Crippen MR) is 72.3 cm³/mol. The van der Waals surface area contributed by atoms with Crippen LogP contribution in [0.25, 0.3) is 0 Å². The van der Waals surface area contributed by atoms with Crippen molar-refractivity contribution in [2.75, 3.05) is 26.7 Å². The van der Waals surface area contributed by atoms with Gasteiger partial charge >= 0.3 is 0 Å². The van der Waals surface area contributed by atoms with E-state index in [1.54, 1.807) is 0 Å². The molecule has 2 atom stereocenters. The molecule has 0 bridgehead atoms. The number of likely N-dealkylation sites (N-methyl/N-ethyl adjacent to an activating group) is 1. The van der Waals surface area contributed by atoms with Crippen LogP contribution in [0.5, 0.6) is 0 Å². The van der Waals surface area contributed by atoms with E-state index >= 15 is 0 Å². The van der Waals surface area contributed by atoms with Gasteiger partial charge < -0.3 is 20.1 Å². The Morgan fingerprint density at radius 2 is 2.35 bits per heavy atom. The van der Waals surface area contributed by atoms with E-state index in [0.29, 0.717) is 5.89 Å². The molecule has 3 rings (SSSR count). The molecule has 2 aliphatic heterocycles. The van der Waals surface area contributed by atoms with Gasteiger partial charge in [-0.05, 0) is 45.8 Å². The number of likely N-dealkylation sites (tertiary alicyclic amines) is 1. The molecule has 2 saturated heterocycles. The number of amides is 1. The highest BCUT2D eigenvalue weighted by Crippen LogP contribution is 2.21. The number of aromatic nitrogens is 2. The van der Waals surface area contributed by atoms with Crippen LogP contribution in [0.2, 0.25) is 0 Å². The highest BCUT2D eigenvalue weighted by Gasteiger charge is 2.26. The topological polar surface area (TPSA) is 83.3 Å². The largest absolute Gasteiger partial charge is 0.345 e. The quantitative estimate of drug-likeness (QED) is 0.829. The van der Waals surface area contributed by atoms with Gasteiger partial charge in [-0.3, -0.25) is 4.79 Å². The molecule has 20 heavy (non-hydrogen) atoms. The Hall–Kier alpha value is -1.47. The molecule has 2 aliphatic rings. The van der Waals surface area contributed by atoms with Gasteiger partial charge in [0.1, 0.15) is 0 Å². The third-order valence-electron chi connectivity index (χ3n) is 3.96. The summed E-state index contributed by atoms with van der Waals surface area (Å²) in [7, 11) is 2.07. The summed E-state index contributed by atoms with van der Waals surface area (Å²) in [6.45, 7) is 2.93. The molecule has 110 valence electrons. The van der Waals surface area contributed by atoms with Gasteiger partial charge in [-0.1, -0.05) is 5.16 Å². The molecule has 0 aromatic carbocycles. The molecule has 7 heteroatoms. The van der Waals surface area contributed by atoms with Crippen LogP contribution in [0.4, 0.5) is 0 Å². The second-order valence-electron chi connectivity index (χ2n) is 5.68. The molecule has 2 unspecified atom stereocenters. The van der Waals surface area contributed by atoms with E-state index < -0.39 is 0 Å². The zero-order valence-corrected chi connectivity index (χ0v) is 11.8. The average Bonchev–Trinajstić information content (AvgIpc) is 3.10. The van der Waals surface area contributed by atoms with E-state index in [0.717, 1.165) is 45.3 Å². The fourth-order valence-corrected chi connectivity index (χ4v) is 2.90. The summed E-state index contributed by atoms with van der Waals surface area (Å²) in [6.07, 6.45) is 4.19. The number of nitrogens with one attached hydrogen (secondary N) is 2. The molecule has 2 N–H and O–H groups in total. The van der Waals surface area contributed by atoms with E-state index in [2.05, 4.69) is 32.7 Å². The first-order valence-electron chi connectivity index (χ1n) is 7.29. The highest BCUT2D eigenvalue weighted by molar-refractivity contribution is 5.90. The van der Waals surface area contributed by atoms with Crippen LogP contribution in [0.15, 0.2) is 4.52 Å². The zero-order chi connectivity index (χ0) is 13.9. The molecule has 7 nitrogen and oxygen atoms in total. The fourth-order valence-electron chi connectivity index (χ4n) is 2.90. The van der Waals surface area contributed by atoms with Crippen LogP contribution in [0.1, 0.15) is 48.2 Å². The number of hydrogen-bond acceptors (Lipinski definition) is 6. The Morgan fingerprint density at radius 1 is 1.45 bits per heavy atom. The Labute approximate surface area is 118 Å². The van der Waals surface area contributed by atoms with Gasteiger partial charge in [0.25, 0.3) is 11.7 Å². The maximum absolute atomic E-state index is 12.1. The van der Waals surface area contributed by atoms with E-state index in [-0.39, 0.29) is 23.8 Å². The number of rotatable bonds is 3. The second-order valence-corrected chi connectivity index (χ2v) is 5.68. The number of hydrogen-bond donors (Lipinski definition) is 2. The van der Waals surface area contributed by atoms with Crippen LogP contribution in [-0.4, -0.2) is 53.7 Å². The van der Waals surface area contributed by atoms with Gasteiger partial charge in [0.2, 0.25) is 5.89 Å². The molecule has 0 radical (unpaired) electrons. The summed E-state index contributed by atoms with van der Waals surface area (Å²) in [5.74, 6) is 0.425. The van der Waals surface area contributed by atoms with E-state index in [1.165, 1.54) is 0 Å². The van der Waals surface area contributed by atoms with Crippen molar-refractivity contribution in [2.45, 2.75) is 37.8 Å². The third-order valence-corrected chi connectivity index (χ3v) is 3.96. The van der Waals surface area contributed by atoms with Crippen LogP contribution in [0.3, 0.4) is 0 Å². The zero-order valence-electron chi connectivity index (χ0n) is 11.8. The fraction of sp³-hybridized carbons (Fsp3) is 0.769. The van der Waals surface area contributed by atoms with Crippen LogP contribution in [0, 0.1) is 0 Å². The van der Waals surface area contributed by atoms with Crippen LogP contribution in [-0.2, 0) is 0 Å². The van der Waals surface area contributed by atoms with Crippen molar-refractivity contribution in [3.63, 3.8) is 0 Å². The first-order valence-corrected chi connectivity index (χ1v) is 7.29. The normalized spacial score (nSPS) is 27.6. The van der Waals surface area contributed by atoms with E-state index in [9.17, 15) is 4.79 Å². The lowest BCUT2D eigenvalue weighted by Gasteiger charge is -2.29. The lowest BCUT2D eigenvalue weighted by Crippen LogP contribution is -2.46. The molecule has 0 aliphatic carbocycles. The monoisotopic (exact) mass is 279 g/mol. The lowest BCUT2D eigenvalue weighted by atomic mass is 10.1. The van der Waals surface area contributed by atoms with Crippen molar-refractivity contribution in [3.8, 4) is 0 Å². The van der Waals surface area contributed by atoms with Crippen molar-refractivity contribution < 1.29 is 9.32 Å². The molecule has 3 heterocycles. The summed E-state index contributed by atoms with van der Waals surface area (Å²) in [5, 5.41) is 10.1. The molecule has 1 aromatic rings. The summed E-state index contributed by atoms with van der Waals surface area (Å²) in [6, 6.07) is 0.276. The van der Waals surface area contributed by atoms with Gasteiger partial charge in [0.05, 0.1) is 6.04 Å². The van der Waals surface area contributed by atoms with Crippen LogP contribution >= 0.6 is 0 Å². The minimum Gasteiger partial charge on any atom is -0.345 e. The van der Waals surface area contributed by atoms with Crippen molar-refractivity contribution in [3.05, 3.63) is 11.7 Å². The molecule has 1 amide bonds. The first kappa shape index (κ1) is 13.5. The van der Waals surface area contributed by atoms with Gasteiger partial charge in [-0.25, -0.2) is 0 Å². The van der Waals surface area contributed by atoms with E-state index in [4.69, 9.17) is 4.52 Å². The minimum atomic E-state index is -0.238. The molecule has 2 fully saturated rings. The Morgan fingerprint density at radius 3 is 3.10 bits per heavy atom. The van der Waals surface area contributed by atoms with E-state index in [1.807, 2.05) is 0 Å². The lowest BCUT2D eigenvalue weighted by molar-refractivity contribution is 0.0899. The summed E-state index contributed by atoms with van der Waals surface area (Å²) < 4.78 is 5.19. The summed E-state index contributed by atoms with van der Waals surface area (Å²) >= 11 is 0. The number of carbonyl (C=O) groups excluding carboxylic acids is 1. The van der Waals surface area contributed by atoms with Crippen LogP contribution < -0.4 is 10.6 Å². The number of carbonyl (C=O) groups is 1. The maximum atomic E-state index is 12.1. The van der Waals surface area contributed by atoms with Gasteiger partial charge in [-0.15, -0.1) is 0 Å². The molecular weight excluding hydrogens is 258 g/mol. The van der Waals surface area contributed by atoms with Crippen molar-refractivity contribution in [2.24, 2.45) is 0 Å². The van der Waals surface area contributed by atoms with Gasteiger partial charge in [-0.2, -0.15) is 4.98 Å². The predicted octanol–water partition coefficient (Wildman–Crippen LogP) is 0.318. The number of nitrogens with zero attached hydrogens (tertiary/aromatic N) is 3. The second kappa shape index (κ2) is 5.88. The van der Waals surface area contributed by atoms with Crippen molar-refractivity contribution in [1.29, 1.82) is 0 Å². The standard InChI is InChI=1S/C13H21N5O2/c1-18-7-3-4-9(8-18)15-12(19)11-16-13(20-17-11)10-5-2-6-14-10/h9-10,14H,2-8H2,1H3,(H,15,19). The minimum absolute atomic E-state index is 0.102. The smallest absolute Gasteiger partial charge is 0.292 e. The van der Waals surface area contributed by atoms with Gasteiger partial charge in [0, 0.05) is 12.6 Å². The summed E-state index contributed by atoms with van der Waals surface area (Å²) in [4.78, 5) is 18.5. The first-order chi connectivity index (χ1) is 9.72. The number of piperidine rings is 1. The molecule has 0 saturated carbocycles. The van der Waals surface area contributed by atoms with Crippen molar-refractivity contribution >= 4 is 5.91 Å². The third kappa shape index (κ3) is 2.99. The Balaban J connectivity index is 1.59. The SMILES string of the molecule is CN1CCCC(NC(=O)c2noc(C3CCCN3)n2)C1.